The predicted molar refractivity (Wildman–Crippen MR) is 89.4 cm³/mol. The first-order valence-electron chi connectivity index (χ1n) is 7.76. The SMILES string of the molecule is CCCc1ccc2c(ccc3c(CCC)cccc32)c1. The maximum absolute atomic E-state index is 2.35. The molecule has 0 saturated heterocycles. The molecule has 0 radical (unpaired) electrons. The van der Waals surface area contributed by atoms with Crippen LogP contribution in [0.15, 0.2) is 48.5 Å². The van der Waals surface area contributed by atoms with Gasteiger partial charge in [0.15, 0.2) is 0 Å². The fourth-order valence-electron chi connectivity index (χ4n) is 3.14. The summed E-state index contributed by atoms with van der Waals surface area (Å²) in [6.45, 7) is 4.48. The maximum atomic E-state index is 2.35. The molecule has 0 aromatic heterocycles. The van der Waals surface area contributed by atoms with Gasteiger partial charge in [-0.15, -0.1) is 0 Å². The third kappa shape index (κ3) is 2.31. The Bertz CT molecular complexity index is 737. The molecule has 0 amide bonds. The molecular weight excluding hydrogens is 240 g/mol. The van der Waals surface area contributed by atoms with Gasteiger partial charge in [-0.25, -0.2) is 0 Å². The molecule has 3 aromatic carbocycles. The summed E-state index contributed by atoms with van der Waals surface area (Å²) in [5, 5.41) is 5.58. The number of benzene rings is 3. The van der Waals surface area contributed by atoms with Gasteiger partial charge in [0.1, 0.15) is 0 Å². The van der Waals surface area contributed by atoms with Gasteiger partial charge in [0.2, 0.25) is 0 Å². The Morgan fingerprint density at radius 2 is 1.50 bits per heavy atom. The van der Waals surface area contributed by atoms with E-state index in [0.29, 0.717) is 0 Å². The summed E-state index contributed by atoms with van der Waals surface area (Å²) in [6.07, 6.45) is 4.74. The normalized spacial score (nSPS) is 11.3. The van der Waals surface area contributed by atoms with E-state index in [2.05, 4.69) is 62.4 Å². The molecule has 0 aliphatic heterocycles. The van der Waals surface area contributed by atoms with E-state index in [-0.39, 0.29) is 0 Å². The minimum absolute atomic E-state index is 1.16. The van der Waals surface area contributed by atoms with Crippen LogP contribution in [0.5, 0.6) is 0 Å². The van der Waals surface area contributed by atoms with Crippen LogP contribution in [0.2, 0.25) is 0 Å². The topological polar surface area (TPSA) is 0 Å². The van der Waals surface area contributed by atoms with Crippen LogP contribution in [-0.2, 0) is 12.8 Å². The molecule has 102 valence electrons. The predicted octanol–water partition coefficient (Wildman–Crippen LogP) is 5.90. The third-order valence-corrected chi connectivity index (χ3v) is 4.09. The quantitative estimate of drug-likeness (QED) is 0.514. The van der Waals surface area contributed by atoms with Gasteiger partial charge in [-0.1, -0.05) is 75.2 Å². The first-order chi connectivity index (χ1) is 9.83. The highest BCUT2D eigenvalue weighted by Crippen LogP contribution is 2.29. The Kier molecular flexibility index (Phi) is 3.73. The van der Waals surface area contributed by atoms with Crippen LogP contribution in [0.3, 0.4) is 0 Å². The van der Waals surface area contributed by atoms with E-state index >= 15 is 0 Å². The van der Waals surface area contributed by atoms with Crippen LogP contribution in [0.4, 0.5) is 0 Å². The monoisotopic (exact) mass is 262 g/mol. The number of aryl methyl sites for hydroxylation is 2. The molecule has 0 heteroatoms. The van der Waals surface area contributed by atoms with Crippen LogP contribution in [-0.4, -0.2) is 0 Å². The second-order valence-electron chi connectivity index (χ2n) is 5.63. The lowest BCUT2D eigenvalue weighted by Gasteiger charge is -2.10. The number of hydrogen-bond donors (Lipinski definition) is 0. The molecule has 0 spiro atoms. The zero-order chi connectivity index (χ0) is 13.9. The minimum atomic E-state index is 1.16. The summed E-state index contributed by atoms with van der Waals surface area (Å²) in [6, 6.07) is 18.3. The Balaban J connectivity index is 2.23. The highest BCUT2D eigenvalue weighted by molar-refractivity contribution is 6.08. The molecule has 0 nitrogen and oxygen atoms in total. The second kappa shape index (κ2) is 5.66. The van der Waals surface area contributed by atoms with E-state index in [4.69, 9.17) is 0 Å². The Labute approximate surface area is 121 Å². The van der Waals surface area contributed by atoms with Crippen LogP contribution in [0.25, 0.3) is 21.5 Å². The minimum Gasteiger partial charge on any atom is -0.0651 e. The fraction of sp³-hybridized carbons (Fsp3) is 0.300. The van der Waals surface area contributed by atoms with Crippen LogP contribution in [0.1, 0.15) is 37.8 Å². The van der Waals surface area contributed by atoms with E-state index in [1.54, 1.807) is 0 Å². The summed E-state index contributed by atoms with van der Waals surface area (Å²) in [4.78, 5) is 0. The van der Waals surface area contributed by atoms with Crippen molar-refractivity contribution < 1.29 is 0 Å². The number of fused-ring (bicyclic) bond motifs is 3. The van der Waals surface area contributed by atoms with Crippen molar-refractivity contribution in [3.63, 3.8) is 0 Å². The Morgan fingerprint density at radius 3 is 2.30 bits per heavy atom. The fourth-order valence-corrected chi connectivity index (χ4v) is 3.14. The summed E-state index contributed by atoms with van der Waals surface area (Å²) in [7, 11) is 0. The van der Waals surface area contributed by atoms with Crippen molar-refractivity contribution in [2.75, 3.05) is 0 Å². The molecule has 0 fully saturated rings. The summed E-state index contributed by atoms with van der Waals surface area (Å²) in [5.41, 5.74) is 2.92. The van der Waals surface area contributed by atoms with Crippen molar-refractivity contribution in [2.45, 2.75) is 39.5 Å². The van der Waals surface area contributed by atoms with Crippen molar-refractivity contribution in [1.29, 1.82) is 0 Å². The van der Waals surface area contributed by atoms with Gasteiger partial charge in [-0.05, 0) is 45.5 Å². The van der Waals surface area contributed by atoms with Crippen molar-refractivity contribution in [3.05, 3.63) is 59.7 Å². The van der Waals surface area contributed by atoms with E-state index in [9.17, 15) is 0 Å². The van der Waals surface area contributed by atoms with E-state index in [1.165, 1.54) is 51.9 Å². The van der Waals surface area contributed by atoms with Crippen LogP contribution < -0.4 is 0 Å². The highest BCUT2D eigenvalue weighted by atomic mass is 14.1. The van der Waals surface area contributed by atoms with E-state index < -0.39 is 0 Å². The van der Waals surface area contributed by atoms with Crippen molar-refractivity contribution in [2.24, 2.45) is 0 Å². The first-order valence-corrected chi connectivity index (χ1v) is 7.76. The smallest absolute Gasteiger partial charge is 0.0103 e. The average Bonchev–Trinajstić information content (AvgIpc) is 2.48. The molecule has 0 saturated carbocycles. The van der Waals surface area contributed by atoms with Gasteiger partial charge in [0, 0.05) is 0 Å². The summed E-state index contributed by atoms with van der Waals surface area (Å²) in [5.74, 6) is 0. The molecule has 0 atom stereocenters. The van der Waals surface area contributed by atoms with Gasteiger partial charge < -0.3 is 0 Å². The summed E-state index contributed by atoms with van der Waals surface area (Å²) < 4.78 is 0. The Hall–Kier alpha value is -1.82. The van der Waals surface area contributed by atoms with Gasteiger partial charge >= 0.3 is 0 Å². The van der Waals surface area contributed by atoms with Gasteiger partial charge in [0.25, 0.3) is 0 Å². The molecule has 0 N–H and O–H groups in total. The van der Waals surface area contributed by atoms with Crippen molar-refractivity contribution in [1.82, 2.24) is 0 Å². The maximum Gasteiger partial charge on any atom is -0.0103 e. The standard InChI is InChI=1S/C20H22/c1-3-6-15-10-12-19-17(14-15)11-13-18-16(7-4-2)8-5-9-20(18)19/h5,8-14H,3-4,6-7H2,1-2H3. The molecule has 0 bridgehead atoms. The highest BCUT2D eigenvalue weighted by Gasteiger charge is 2.05. The zero-order valence-corrected chi connectivity index (χ0v) is 12.4. The number of hydrogen-bond acceptors (Lipinski definition) is 0. The van der Waals surface area contributed by atoms with Crippen molar-refractivity contribution >= 4 is 21.5 Å². The average molecular weight is 262 g/mol. The molecule has 0 unspecified atom stereocenters. The van der Waals surface area contributed by atoms with E-state index in [1.807, 2.05) is 0 Å². The van der Waals surface area contributed by atoms with Gasteiger partial charge in [-0.2, -0.15) is 0 Å². The lowest BCUT2D eigenvalue weighted by Crippen LogP contribution is -1.88. The zero-order valence-electron chi connectivity index (χ0n) is 12.4. The van der Waals surface area contributed by atoms with Crippen LogP contribution >= 0.6 is 0 Å². The molecular formula is C20H22. The summed E-state index contributed by atoms with van der Waals surface area (Å²) >= 11 is 0. The van der Waals surface area contributed by atoms with Gasteiger partial charge in [0.05, 0.1) is 0 Å². The van der Waals surface area contributed by atoms with E-state index in [0.717, 1.165) is 6.42 Å². The molecule has 3 rings (SSSR count). The molecule has 20 heavy (non-hydrogen) atoms. The van der Waals surface area contributed by atoms with Crippen molar-refractivity contribution in [3.8, 4) is 0 Å². The lowest BCUT2D eigenvalue weighted by atomic mass is 9.95. The lowest BCUT2D eigenvalue weighted by molar-refractivity contribution is 0.924. The molecule has 3 aromatic rings. The third-order valence-electron chi connectivity index (χ3n) is 4.09. The number of rotatable bonds is 4. The molecule has 0 heterocycles. The van der Waals surface area contributed by atoms with Gasteiger partial charge in [-0.3, -0.25) is 0 Å². The Morgan fingerprint density at radius 1 is 0.700 bits per heavy atom. The molecule has 0 aliphatic carbocycles. The first kappa shape index (κ1) is 13.2. The second-order valence-corrected chi connectivity index (χ2v) is 5.63. The molecule has 0 aliphatic rings. The largest absolute Gasteiger partial charge is 0.0651 e. The van der Waals surface area contributed by atoms with Crippen LogP contribution in [0, 0.1) is 0 Å².